The van der Waals surface area contributed by atoms with Crippen molar-refractivity contribution in [3.63, 3.8) is 0 Å². The molecule has 0 saturated carbocycles. The monoisotopic (exact) mass is 292 g/mol. The van der Waals surface area contributed by atoms with E-state index in [1.54, 1.807) is 0 Å². The lowest BCUT2D eigenvalue weighted by Gasteiger charge is -2.25. The molecule has 0 aliphatic carbocycles. The molecule has 1 aromatic rings. The highest BCUT2D eigenvalue weighted by Gasteiger charge is 2.07. The molecule has 0 aliphatic heterocycles. The first-order valence-electron chi connectivity index (χ1n) is 7.86. The third-order valence-corrected chi connectivity index (χ3v) is 3.66. The van der Waals surface area contributed by atoms with Gasteiger partial charge in [-0.15, -0.1) is 0 Å². The highest BCUT2D eigenvalue weighted by Crippen LogP contribution is 2.13. The van der Waals surface area contributed by atoms with Gasteiger partial charge in [0, 0.05) is 18.8 Å². The predicted molar refractivity (Wildman–Crippen MR) is 93.4 cm³/mol. The fourth-order valence-corrected chi connectivity index (χ4v) is 2.49. The van der Waals surface area contributed by atoms with Crippen LogP contribution in [0, 0.1) is 0 Å². The number of nitrogens with one attached hydrogen (secondary N) is 1. The molecule has 0 bridgehead atoms. The van der Waals surface area contributed by atoms with Crippen molar-refractivity contribution in [2.24, 2.45) is 0 Å². The Labute approximate surface area is 129 Å². The van der Waals surface area contributed by atoms with Gasteiger partial charge in [-0.05, 0) is 55.6 Å². The van der Waals surface area contributed by atoms with Gasteiger partial charge >= 0.3 is 0 Å². The average molecular weight is 292 g/mol. The zero-order chi connectivity index (χ0) is 14.8. The Bertz CT molecular complexity index is 380. The van der Waals surface area contributed by atoms with E-state index in [1.807, 2.05) is 0 Å². The van der Waals surface area contributed by atoms with E-state index in [0.29, 0.717) is 0 Å². The number of benzene rings is 1. The average Bonchev–Trinajstić information content (AvgIpc) is 2.46. The fourth-order valence-electron chi connectivity index (χ4n) is 2.19. The van der Waals surface area contributed by atoms with Gasteiger partial charge in [0.1, 0.15) is 0 Å². The smallest absolute Gasteiger partial charge is 0.173 e. The number of thiocarbonyl (C=S) groups is 1. The van der Waals surface area contributed by atoms with Crippen molar-refractivity contribution in [3.8, 4) is 0 Å². The van der Waals surface area contributed by atoms with Gasteiger partial charge in [0.15, 0.2) is 5.11 Å². The predicted octanol–water partition coefficient (Wildman–Crippen LogP) is 4.85. The Morgan fingerprint density at radius 3 is 2.10 bits per heavy atom. The minimum absolute atomic E-state index is 0.843. The number of anilines is 1. The van der Waals surface area contributed by atoms with Crippen LogP contribution in [0.3, 0.4) is 0 Å². The van der Waals surface area contributed by atoms with Crippen LogP contribution in [0.2, 0.25) is 0 Å². The molecule has 0 spiro atoms. The molecule has 1 rings (SSSR count). The molecule has 0 aliphatic rings. The van der Waals surface area contributed by atoms with Gasteiger partial charge < -0.3 is 10.2 Å². The molecule has 3 heteroatoms. The molecular weight excluding hydrogens is 264 g/mol. The Morgan fingerprint density at radius 2 is 1.60 bits per heavy atom. The molecule has 0 radical (unpaired) electrons. The van der Waals surface area contributed by atoms with Crippen LogP contribution in [0.25, 0.3) is 0 Å². The lowest BCUT2D eigenvalue weighted by Crippen LogP contribution is -2.35. The summed E-state index contributed by atoms with van der Waals surface area (Å²) in [5.41, 5.74) is 2.50. The topological polar surface area (TPSA) is 15.3 Å². The van der Waals surface area contributed by atoms with Gasteiger partial charge in [-0.2, -0.15) is 0 Å². The molecule has 112 valence electrons. The van der Waals surface area contributed by atoms with E-state index in [9.17, 15) is 0 Å². The molecular formula is C17H28N2S. The van der Waals surface area contributed by atoms with E-state index < -0.39 is 0 Å². The normalized spacial score (nSPS) is 10.3. The number of nitrogens with zero attached hydrogens (tertiary/aromatic N) is 1. The van der Waals surface area contributed by atoms with E-state index in [-0.39, 0.29) is 0 Å². The number of rotatable bonds is 8. The molecule has 20 heavy (non-hydrogen) atoms. The Morgan fingerprint density at radius 1 is 1.00 bits per heavy atom. The lowest BCUT2D eigenvalue weighted by atomic mass is 10.1. The van der Waals surface area contributed by atoms with E-state index in [4.69, 9.17) is 12.2 Å². The van der Waals surface area contributed by atoms with Crippen molar-refractivity contribution in [2.45, 2.75) is 52.9 Å². The van der Waals surface area contributed by atoms with E-state index in [1.165, 1.54) is 24.8 Å². The summed E-state index contributed by atoms with van der Waals surface area (Å²) in [4.78, 5) is 2.25. The van der Waals surface area contributed by atoms with Crippen LogP contribution >= 0.6 is 12.2 Å². The Kier molecular flexibility index (Phi) is 8.28. The van der Waals surface area contributed by atoms with Crippen LogP contribution < -0.4 is 5.32 Å². The first kappa shape index (κ1) is 17.0. The third kappa shape index (κ3) is 5.91. The van der Waals surface area contributed by atoms with Crippen LogP contribution in [-0.2, 0) is 6.42 Å². The van der Waals surface area contributed by atoms with Crippen LogP contribution in [0.15, 0.2) is 24.3 Å². The first-order chi connectivity index (χ1) is 9.71. The molecule has 1 N–H and O–H groups in total. The second kappa shape index (κ2) is 9.76. The summed E-state index contributed by atoms with van der Waals surface area (Å²) in [6.45, 7) is 8.65. The van der Waals surface area contributed by atoms with Gasteiger partial charge in [0.25, 0.3) is 0 Å². The zero-order valence-electron chi connectivity index (χ0n) is 13.1. The Balaban J connectivity index is 2.55. The third-order valence-electron chi connectivity index (χ3n) is 3.30. The summed E-state index contributed by atoms with van der Waals surface area (Å²) in [5.74, 6) is 0. The largest absolute Gasteiger partial charge is 0.349 e. The van der Waals surface area contributed by atoms with Gasteiger partial charge in [0.2, 0.25) is 0 Å². The van der Waals surface area contributed by atoms with Gasteiger partial charge in [-0.3, -0.25) is 0 Å². The fraction of sp³-hybridized carbons (Fsp3) is 0.588. The molecule has 0 fully saturated rings. The van der Waals surface area contributed by atoms with Gasteiger partial charge in [-0.1, -0.05) is 39.3 Å². The van der Waals surface area contributed by atoms with Crippen LogP contribution in [-0.4, -0.2) is 23.1 Å². The molecule has 0 unspecified atom stereocenters. The minimum Gasteiger partial charge on any atom is -0.349 e. The maximum atomic E-state index is 5.51. The summed E-state index contributed by atoms with van der Waals surface area (Å²) < 4.78 is 0. The molecule has 1 aromatic carbocycles. The minimum atomic E-state index is 0.843. The number of unbranched alkanes of at least 4 members (excludes halogenated alkanes) is 1. The second-order valence-corrected chi connectivity index (χ2v) is 5.60. The maximum Gasteiger partial charge on any atom is 0.173 e. The standard InChI is InChI=1S/C17H28N2S/c1-4-7-8-15-9-11-16(12-10-15)18-17(20)19(13-5-2)14-6-3/h9-12H,4-8,13-14H2,1-3H3,(H,18,20). The highest BCUT2D eigenvalue weighted by atomic mass is 32.1. The summed E-state index contributed by atoms with van der Waals surface area (Å²) >= 11 is 5.51. The molecule has 2 nitrogen and oxygen atoms in total. The van der Waals surface area contributed by atoms with Crippen molar-refractivity contribution >= 4 is 23.0 Å². The van der Waals surface area contributed by atoms with Crippen molar-refractivity contribution in [1.82, 2.24) is 4.90 Å². The number of aryl methyl sites for hydroxylation is 1. The molecule has 0 atom stereocenters. The Hall–Kier alpha value is -1.09. The molecule has 0 amide bonds. The van der Waals surface area contributed by atoms with Crippen LogP contribution in [0.5, 0.6) is 0 Å². The molecule has 0 aromatic heterocycles. The second-order valence-electron chi connectivity index (χ2n) is 5.22. The van der Waals surface area contributed by atoms with E-state index >= 15 is 0 Å². The van der Waals surface area contributed by atoms with Crippen molar-refractivity contribution in [2.75, 3.05) is 18.4 Å². The quantitative estimate of drug-likeness (QED) is 0.690. The van der Waals surface area contributed by atoms with Crippen LogP contribution in [0.1, 0.15) is 52.0 Å². The maximum absolute atomic E-state index is 5.51. The first-order valence-corrected chi connectivity index (χ1v) is 8.26. The van der Waals surface area contributed by atoms with Crippen LogP contribution in [0.4, 0.5) is 5.69 Å². The van der Waals surface area contributed by atoms with E-state index in [0.717, 1.165) is 36.7 Å². The summed E-state index contributed by atoms with van der Waals surface area (Å²) in [7, 11) is 0. The summed E-state index contributed by atoms with van der Waals surface area (Å²) in [5, 5.41) is 4.19. The summed E-state index contributed by atoms with van der Waals surface area (Å²) in [6, 6.07) is 8.66. The summed E-state index contributed by atoms with van der Waals surface area (Å²) in [6.07, 6.45) is 5.91. The zero-order valence-corrected chi connectivity index (χ0v) is 13.9. The lowest BCUT2D eigenvalue weighted by molar-refractivity contribution is 0.423. The van der Waals surface area contributed by atoms with Gasteiger partial charge in [-0.25, -0.2) is 0 Å². The SMILES string of the molecule is CCCCc1ccc(NC(=S)N(CCC)CCC)cc1. The van der Waals surface area contributed by atoms with Crippen molar-refractivity contribution < 1.29 is 0 Å². The molecule has 0 saturated heterocycles. The van der Waals surface area contributed by atoms with E-state index in [2.05, 4.69) is 55.3 Å². The van der Waals surface area contributed by atoms with Crippen molar-refractivity contribution in [3.05, 3.63) is 29.8 Å². The number of hydrogen-bond acceptors (Lipinski definition) is 1. The molecule has 0 heterocycles. The van der Waals surface area contributed by atoms with Crippen molar-refractivity contribution in [1.29, 1.82) is 0 Å². The highest BCUT2D eigenvalue weighted by molar-refractivity contribution is 7.80. The van der Waals surface area contributed by atoms with Gasteiger partial charge in [0.05, 0.1) is 0 Å². The number of hydrogen-bond donors (Lipinski definition) is 1.